The van der Waals surface area contributed by atoms with Crippen molar-refractivity contribution < 1.29 is 4.79 Å². The number of thioether (sulfide) groups is 1. The third-order valence-electron chi connectivity index (χ3n) is 5.08. The van der Waals surface area contributed by atoms with Crippen LogP contribution < -0.4 is 4.90 Å². The van der Waals surface area contributed by atoms with Crippen LogP contribution in [0.3, 0.4) is 0 Å². The van der Waals surface area contributed by atoms with E-state index in [1.54, 1.807) is 0 Å². The summed E-state index contributed by atoms with van der Waals surface area (Å²) in [7, 11) is 0. The van der Waals surface area contributed by atoms with E-state index in [-0.39, 0.29) is 5.41 Å². The SMILES string of the molecule is CSCCN1CCC2(CC1)CCN(c1ccc(Cl)cc1)C2=O. The minimum absolute atomic E-state index is 0.116. The van der Waals surface area contributed by atoms with Gasteiger partial charge >= 0.3 is 0 Å². The van der Waals surface area contributed by atoms with Crippen molar-refractivity contribution >= 4 is 35.0 Å². The molecule has 0 saturated carbocycles. The van der Waals surface area contributed by atoms with Gasteiger partial charge in [-0.3, -0.25) is 4.79 Å². The van der Waals surface area contributed by atoms with Crippen molar-refractivity contribution in [1.82, 2.24) is 4.90 Å². The van der Waals surface area contributed by atoms with E-state index in [9.17, 15) is 4.79 Å². The highest BCUT2D eigenvalue weighted by Crippen LogP contribution is 2.43. The summed E-state index contributed by atoms with van der Waals surface area (Å²) in [5.74, 6) is 1.50. The molecule has 120 valence electrons. The first-order valence-electron chi connectivity index (χ1n) is 7.93. The van der Waals surface area contributed by atoms with E-state index < -0.39 is 0 Å². The lowest BCUT2D eigenvalue weighted by Gasteiger charge is -2.37. The predicted octanol–water partition coefficient (Wildman–Crippen LogP) is 3.52. The molecule has 2 aliphatic heterocycles. The van der Waals surface area contributed by atoms with Crippen LogP contribution in [0.25, 0.3) is 0 Å². The molecule has 2 saturated heterocycles. The van der Waals surface area contributed by atoms with Gasteiger partial charge in [0.15, 0.2) is 0 Å². The topological polar surface area (TPSA) is 23.6 Å². The molecule has 1 aromatic rings. The molecule has 3 rings (SSSR count). The van der Waals surface area contributed by atoms with Gasteiger partial charge in [-0.15, -0.1) is 0 Å². The molecule has 0 radical (unpaired) electrons. The number of likely N-dealkylation sites (tertiary alicyclic amines) is 1. The second-order valence-corrected chi connectivity index (χ2v) is 7.72. The summed E-state index contributed by atoms with van der Waals surface area (Å²) < 4.78 is 0. The van der Waals surface area contributed by atoms with E-state index in [4.69, 9.17) is 11.6 Å². The number of rotatable bonds is 4. The largest absolute Gasteiger partial charge is 0.312 e. The van der Waals surface area contributed by atoms with Crippen LogP contribution in [0.2, 0.25) is 5.02 Å². The number of nitrogens with zero attached hydrogens (tertiary/aromatic N) is 2. The number of anilines is 1. The zero-order valence-corrected chi connectivity index (χ0v) is 14.6. The summed E-state index contributed by atoms with van der Waals surface area (Å²) in [6.07, 6.45) is 5.15. The predicted molar refractivity (Wildman–Crippen MR) is 94.9 cm³/mol. The van der Waals surface area contributed by atoms with Gasteiger partial charge in [0.25, 0.3) is 0 Å². The van der Waals surface area contributed by atoms with Crippen LogP contribution in [0.1, 0.15) is 19.3 Å². The fraction of sp³-hybridized carbons (Fsp3) is 0.588. The maximum Gasteiger partial charge on any atom is 0.233 e. The minimum Gasteiger partial charge on any atom is -0.312 e. The number of amides is 1. The van der Waals surface area contributed by atoms with Crippen LogP contribution in [0, 0.1) is 5.41 Å². The summed E-state index contributed by atoms with van der Waals surface area (Å²) in [6, 6.07) is 7.63. The molecular weight excluding hydrogens is 316 g/mol. The summed E-state index contributed by atoms with van der Waals surface area (Å²) in [5.41, 5.74) is 0.867. The van der Waals surface area contributed by atoms with Gasteiger partial charge in [-0.2, -0.15) is 11.8 Å². The van der Waals surface area contributed by atoms with Gasteiger partial charge in [0.2, 0.25) is 5.91 Å². The molecule has 22 heavy (non-hydrogen) atoms. The van der Waals surface area contributed by atoms with Crippen molar-refractivity contribution in [3.05, 3.63) is 29.3 Å². The first kappa shape index (κ1) is 16.2. The lowest BCUT2D eigenvalue weighted by Crippen LogP contribution is -2.45. The first-order valence-corrected chi connectivity index (χ1v) is 9.71. The van der Waals surface area contributed by atoms with Crippen LogP contribution in [-0.4, -0.2) is 49.0 Å². The molecule has 0 unspecified atom stereocenters. The lowest BCUT2D eigenvalue weighted by molar-refractivity contribution is -0.127. The molecule has 3 nitrogen and oxygen atoms in total. The summed E-state index contributed by atoms with van der Waals surface area (Å²) in [4.78, 5) is 17.4. The third-order valence-corrected chi connectivity index (χ3v) is 5.92. The quantitative estimate of drug-likeness (QED) is 0.839. The molecule has 1 aromatic carbocycles. The van der Waals surface area contributed by atoms with E-state index in [1.165, 1.54) is 5.75 Å². The number of piperidine rings is 1. The Hall–Kier alpha value is -0.710. The van der Waals surface area contributed by atoms with Gasteiger partial charge < -0.3 is 9.80 Å². The van der Waals surface area contributed by atoms with Crippen molar-refractivity contribution in [2.24, 2.45) is 5.41 Å². The normalized spacial score (nSPS) is 21.7. The molecule has 0 aromatic heterocycles. The smallest absolute Gasteiger partial charge is 0.233 e. The summed E-state index contributed by atoms with van der Waals surface area (Å²) >= 11 is 7.83. The van der Waals surface area contributed by atoms with E-state index in [2.05, 4.69) is 11.2 Å². The standard InChI is InChI=1S/C17H23ClN2OS/c1-22-13-12-19-9-6-17(7-10-19)8-11-20(16(17)21)15-4-2-14(18)3-5-15/h2-5H,6-13H2,1H3. The highest BCUT2D eigenvalue weighted by molar-refractivity contribution is 7.98. The molecular formula is C17H23ClN2OS. The number of hydrogen-bond donors (Lipinski definition) is 0. The Morgan fingerprint density at radius 2 is 1.77 bits per heavy atom. The van der Waals surface area contributed by atoms with Crippen molar-refractivity contribution in [2.75, 3.05) is 43.1 Å². The zero-order valence-electron chi connectivity index (χ0n) is 13.1. The number of carbonyl (C=O) groups excluding carboxylic acids is 1. The van der Waals surface area contributed by atoms with Crippen molar-refractivity contribution in [3.8, 4) is 0 Å². The van der Waals surface area contributed by atoms with Gasteiger partial charge in [-0.05, 0) is 62.9 Å². The number of benzene rings is 1. The Morgan fingerprint density at radius 3 is 2.41 bits per heavy atom. The Morgan fingerprint density at radius 1 is 1.14 bits per heavy atom. The molecule has 0 aliphatic carbocycles. The Bertz CT molecular complexity index is 526. The van der Waals surface area contributed by atoms with Crippen molar-refractivity contribution in [1.29, 1.82) is 0 Å². The van der Waals surface area contributed by atoms with E-state index in [0.717, 1.165) is 51.1 Å². The molecule has 1 spiro atoms. The Kier molecular flexibility index (Phi) is 5.00. The van der Waals surface area contributed by atoms with Crippen molar-refractivity contribution in [2.45, 2.75) is 19.3 Å². The molecule has 1 amide bonds. The lowest BCUT2D eigenvalue weighted by atomic mass is 9.77. The third kappa shape index (κ3) is 3.15. The van der Waals surface area contributed by atoms with Crippen LogP contribution >= 0.6 is 23.4 Å². The van der Waals surface area contributed by atoms with Gasteiger partial charge in [-0.25, -0.2) is 0 Å². The van der Waals surface area contributed by atoms with Crippen molar-refractivity contribution in [3.63, 3.8) is 0 Å². The average molecular weight is 339 g/mol. The second kappa shape index (κ2) is 6.81. The average Bonchev–Trinajstić information content (AvgIpc) is 2.85. The highest BCUT2D eigenvalue weighted by Gasteiger charge is 2.48. The summed E-state index contributed by atoms with van der Waals surface area (Å²) in [5, 5.41) is 0.715. The molecule has 0 bridgehead atoms. The van der Waals surface area contributed by atoms with Crippen LogP contribution in [-0.2, 0) is 4.79 Å². The van der Waals surface area contributed by atoms with Gasteiger partial charge in [0.1, 0.15) is 0 Å². The van der Waals surface area contributed by atoms with E-state index >= 15 is 0 Å². The fourth-order valence-corrected chi connectivity index (χ4v) is 4.14. The molecule has 0 atom stereocenters. The van der Waals surface area contributed by atoms with Crippen LogP contribution in [0.5, 0.6) is 0 Å². The monoisotopic (exact) mass is 338 g/mol. The van der Waals surface area contributed by atoms with Gasteiger partial charge in [-0.1, -0.05) is 11.6 Å². The molecule has 0 N–H and O–H groups in total. The van der Waals surface area contributed by atoms with Gasteiger partial charge in [0, 0.05) is 29.6 Å². The molecule has 2 heterocycles. The van der Waals surface area contributed by atoms with Crippen LogP contribution in [0.15, 0.2) is 24.3 Å². The van der Waals surface area contributed by atoms with E-state index in [0.29, 0.717) is 10.9 Å². The maximum atomic E-state index is 13.0. The fourth-order valence-electron chi connectivity index (χ4n) is 3.58. The highest BCUT2D eigenvalue weighted by atomic mass is 35.5. The number of hydrogen-bond acceptors (Lipinski definition) is 3. The maximum absolute atomic E-state index is 13.0. The van der Waals surface area contributed by atoms with Crippen LogP contribution in [0.4, 0.5) is 5.69 Å². The molecule has 2 aliphatic rings. The second-order valence-electron chi connectivity index (χ2n) is 6.30. The molecule has 5 heteroatoms. The number of carbonyl (C=O) groups is 1. The Balaban J connectivity index is 1.65. The van der Waals surface area contributed by atoms with E-state index in [1.807, 2.05) is 40.9 Å². The Labute approximate surface area is 142 Å². The first-order chi connectivity index (χ1) is 10.6. The summed E-state index contributed by atoms with van der Waals surface area (Å²) in [6.45, 7) is 4.10. The minimum atomic E-state index is -0.116. The molecule has 2 fully saturated rings. The van der Waals surface area contributed by atoms with Gasteiger partial charge in [0.05, 0.1) is 5.41 Å². The zero-order chi connectivity index (χ0) is 15.6. The number of halogens is 1.